The van der Waals surface area contributed by atoms with Crippen LogP contribution in [-0.2, 0) is 0 Å². The van der Waals surface area contributed by atoms with Crippen LogP contribution in [0.1, 0.15) is 10.6 Å². The lowest BCUT2D eigenvalue weighted by molar-refractivity contribution is 0.946. The molecule has 2 heterocycles. The van der Waals surface area contributed by atoms with Gasteiger partial charge in [0, 0.05) is 5.56 Å². The lowest BCUT2D eigenvalue weighted by atomic mass is 10.1. The van der Waals surface area contributed by atoms with Gasteiger partial charge >= 0.3 is 0 Å². The number of aryl methyl sites for hydroxylation is 2. The highest BCUT2D eigenvalue weighted by Gasteiger charge is 2.07. The maximum atomic E-state index is 4.55. The zero-order valence-corrected chi connectivity index (χ0v) is 9.95. The summed E-state index contributed by atoms with van der Waals surface area (Å²) in [5, 5.41) is 5.39. The highest BCUT2D eigenvalue weighted by molar-refractivity contribution is 7.16. The van der Waals surface area contributed by atoms with Crippen LogP contribution in [0.25, 0.3) is 16.2 Å². The van der Waals surface area contributed by atoms with E-state index in [1.165, 1.54) is 5.56 Å². The Labute approximate surface area is 97.4 Å². The largest absolute Gasteiger partial charge is 0.217 e. The van der Waals surface area contributed by atoms with Crippen molar-refractivity contribution in [3.63, 3.8) is 0 Å². The Kier molecular flexibility index (Phi) is 2.04. The van der Waals surface area contributed by atoms with Gasteiger partial charge in [0.1, 0.15) is 5.01 Å². The number of imidazole rings is 1. The molecule has 3 aromatic rings. The summed E-state index contributed by atoms with van der Waals surface area (Å²) >= 11 is 1.61. The standard InChI is InChI=1S/C12H11N3S/c1-8-3-5-10(6-4-8)11-7-15-12(13-11)16-9(2)14-15/h3-7H,1-2H3. The second-order valence-electron chi connectivity index (χ2n) is 3.84. The molecule has 0 aliphatic heterocycles. The topological polar surface area (TPSA) is 30.2 Å². The molecule has 3 nitrogen and oxygen atoms in total. The quantitative estimate of drug-likeness (QED) is 0.642. The molecule has 4 heteroatoms. The van der Waals surface area contributed by atoms with Crippen LogP contribution in [-0.4, -0.2) is 14.6 Å². The predicted molar refractivity (Wildman–Crippen MR) is 65.8 cm³/mol. The van der Waals surface area contributed by atoms with Gasteiger partial charge in [0.15, 0.2) is 0 Å². The zero-order valence-electron chi connectivity index (χ0n) is 9.14. The Balaban J connectivity index is 2.11. The van der Waals surface area contributed by atoms with Crippen LogP contribution < -0.4 is 0 Å². The first-order valence-corrected chi connectivity index (χ1v) is 5.94. The summed E-state index contributed by atoms with van der Waals surface area (Å²) in [4.78, 5) is 5.50. The molecule has 0 saturated carbocycles. The van der Waals surface area contributed by atoms with E-state index in [2.05, 4.69) is 41.3 Å². The third kappa shape index (κ3) is 1.51. The van der Waals surface area contributed by atoms with E-state index >= 15 is 0 Å². The Morgan fingerprint density at radius 3 is 2.56 bits per heavy atom. The number of fused-ring (bicyclic) bond motifs is 1. The first-order valence-electron chi connectivity index (χ1n) is 5.12. The van der Waals surface area contributed by atoms with Crippen LogP contribution in [0, 0.1) is 13.8 Å². The van der Waals surface area contributed by atoms with Crippen molar-refractivity contribution in [3.05, 3.63) is 41.0 Å². The fraction of sp³-hybridized carbons (Fsp3) is 0.167. The van der Waals surface area contributed by atoms with Crippen LogP contribution >= 0.6 is 11.3 Å². The molecule has 0 radical (unpaired) electrons. The van der Waals surface area contributed by atoms with Crippen LogP contribution in [0.4, 0.5) is 0 Å². The van der Waals surface area contributed by atoms with Crippen molar-refractivity contribution in [2.75, 3.05) is 0 Å². The van der Waals surface area contributed by atoms with E-state index in [1.807, 2.05) is 17.6 Å². The smallest absolute Gasteiger partial charge is 0.212 e. The monoisotopic (exact) mass is 229 g/mol. The van der Waals surface area contributed by atoms with Crippen molar-refractivity contribution in [1.82, 2.24) is 14.6 Å². The van der Waals surface area contributed by atoms with Gasteiger partial charge in [0.05, 0.1) is 11.9 Å². The number of benzene rings is 1. The van der Waals surface area contributed by atoms with Gasteiger partial charge in [-0.15, -0.1) is 0 Å². The summed E-state index contributed by atoms with van der Waals surface area (Å²) in [6.45, 7) is 4.07. The van der Waals surface area contributed by atoms with Gasteiger partial charge in [-0.05, 0) is 13.8 Å². The Morgan fingerprint density at radius 2 is 1.88 bits per heavy atom. The minimum absolute atomic E-state index is 0.952. The number of aromatic nitrogens is 3. The zero-order chi connectivity index (χ0) is 11.1. The van der Waals surface area contributed by atoms with Gasteiger partial charge in [-0.3, -0.25) is 0 Å². The second-order valence-corrected chi connectivity index (χ2v) is 5.00. The highest BCUT2D eigenvalue weighted by atomic mass is 32.1. The minimum Gasteiger partial charge on any atom is -0.217 e. The van der Waals surface area contributed by atoms with Gasteiger partial charge in [-0.25, -0.2) is 9.50 Å². The van der Waals surface area contributed by atoms with Gasteiger partial charge in [-0.2, -0.15) is 5.10 Å². The molecule has 3 rings (SSSR count). The van der Waals surface area contributed by atoms with Crippen molar-refractivity contribution in [2.24, 2.45) is 0 Å². The molecule has 0 unspecified atom stereocenters. The van der Waals surface area contributed by atoms with E-state index in [0.717, 1.165) is 21.2 Å². The van der Waals surface area contributed by atoms with Crippen molar-refractivity contribution in [2.45, 2.75) is 13.8 Å². The van der Waals surface area contributed by atoms with Gasteiger partial charge in [-0.1, -0.05) is 41.2 Å². The average molecular weight is 229 g/mol. The molecule has 0 fully saturated rings. The maximum absolute atomic E-state index is 4.55. The summed E-state index contributed by atoms with van der Waals surface area (Å²) in [5.74, 6) is 0. The normalized spacial score (nSPS) is 11.1. The van der Waals surface area contributed by atoms with Crippen LogP contribution in [0.5, 0.6) is 0 Å². The summed E-state index contributed by atoms with van der Waals surface area (Å²) < 4.78 is 1.84. The van der Waals surface area contributed by atoms with E-state index in [1.54, 1.807) is 11.3 Å². The van der Waals surface area contributed by atoms with E-state index in [-0.39, 0.29) is 0 Å². The molecule has 0 N–H and O–H groups in total. The molecule has 16 heavy (non-hydrogen) atoms. The number of hydrogen-bond donors (Lipinski definition) is 0. The fourth-order valence-corrected chi connectivity index (χ4v) is 2.39. The molecule has 0 aliphatic rings. The number of hydrogen-bond acceptors (Lipinski definition) is 3. The molecular weight excluding hydrogens is 218 g/mol. The van der Waals surface area contributed by atoms with E-state index < -0.39 is 0 Å². The van der Waals surface area contributed by atoms with E-state index in [4.69, 9.17) is 0 Å². The summed E-state index contributed by atoms with van der Waals surface area (Å²) in [6, 6.07) is 8.38. The SMILES string of the molecule is Cc1ccc(-c2cn3nc(C)sc3n2)cc1. The lowest BCUT2D eigenvalue weighted by Crippen LogP contribution is -1.80. The summed E-state index contributed by atoms with van der Waals surface area (Å²) in [7, 11) is 0. The Bertz CT molecular complexity index is 602. The van der Waals surface area contributed by atoms with E-state index in [0.29, 0.717) is 0 Å². The number of nitrogens with zero attached hydrogens (tertiary/aromatic N) is 3. The number of rotatable bonds is 1. The average Bonchev–Trinajstić information content (AvgIpc) is 2.75. The van der Waals surface area contributed by atoms with Crippen LogP contribution in [0.2, 0.25) is 0 Å². The molecular formula is C12H11N3S. The van der Waals surface area contributed by atoms with Gasteiger partial charge < -0.3 is 0 Å². The van der Waals surface area contributed by atoms with Crippen molar-refractivity contribution in [3.8, 4) is 11.3 Å². The van der Waals surface area contributed by atoms with Crippen LogP contribution in [0.15, 0.2) is 30.5 Å². The van der Waals surface area contributed by atoms with Crippen LogP contribution in [0.3, 0.4) is 0 Å². The Morgan fingerprint density at radius 1 is 1.12 bits per heavy atom. The van der Waals surface area contributed by atoms with Crippen molar-refractivity contribution >= 4 is 16.3 Å². The fourth-order valence-electron chi connectivity index (χ4n) is 1.66. The lowest BCUT2D eigenvalue weighted by Gasteiger charge is -1.96. The van der Waals surface area contributed by atoms with Gasteiger partial charge in [0.2, 0.25) is 4.96 Å². The molecule has 0 aliphatic carbocycles. The third-order valence-corrected chi connectivity index (χ3v) is 3.33. The van der Waals surface area contributed by atoms with Gasteiger partial charge in [0.25, 0.3) is 0 Å². The first kappa shape index (κ1) is 9.54. The molecule has 2 aromatic heterocycles. The van der Waals surface area contributed by atoms with Crippen molar-refractivity contribution < 1.29 is 0 Å². The highest BCUT2D eigenvalue weighted by Crippen LogP contribution is 2.22. The third-order valence-electron chi connectivity index (χ3n) is 2.49. The first-order chi connectivity index (χ1) is 7.72. The van der Waals surface area contributed by atoms with Crippen molar-refractivity contribution in [1.29, 1.82) is 0 Å². The molecule has 0 atom stereocenters. The molecule has 80 valence electrons. The minimum atomic E-state index is 0.952. The molecule has 0 spiro atoms. The summed E-state index contributed by atoms with van der Waals surface area (Å²) in [6.07, 6.45) is 1.98. The molecule has 1 aromatic carbocycles. The second kappa shape index (κ2) is 3.42. The summed E-state index contributed by atoms with van der Waals surface area (Å²) in [5.41, 5.74) is 3.39. The Hall–Kier alpha value is -1.68. The maximum Gasteiger partial charge on any atom is 0.212 e. The predicted octanol–water partition coefficient (Wildman–Crippen LogP) is 3.07. The van der Waals surface area contributed by atoms with E-state index in [9.17, 15) is 0 Å². The molecule has 0 bridgehead atoms. The molecule has 0 saturated heterocycles. The molecule has 0 amide bonds.